The highest BCUT2D eigenvalue weighted by Gasteiger charge is 2.24. The van der Waals surface area contributed by atoms with Gasteiger partial charge in [-0.05, 0) is 26.0 Å². The van der Waals surface area contributed by atoms with Gasteiger partial charge in [0.15, 0.2) is 5.13 Å². The molecule has 3 rings (SSSR count). The lowest BCUT2D eigenvalue weighted by molar-refractivity contribution is -0.00521. The van der Waals surface area contributed by atoms with Crippen molar-refractivity contribution in [2.75, 3.05) is 18.0 Å². The smallest absolute Gasteiger partial charge is 0.186 e. The van der Waals surface area contributed by atoms with E-state index >= 15 is 0 Å². The first-order valence-corrected chi connectivity index (χ1v) is 6.80. The van der Waals surface area contributed by atoms with E-state index in [1.807, 2.05) is 6.07 Å². The van der Waals surface area contributed by atoms with Crippen LogP contribution in [0, 0.1) is 0 Å². The van der Waals surface area contributed by atoms with E-state index in [0.29, 0.717) is 0 Å². The van der Waals surface area contributed by atoms with Gasteiger partial charge in [-0.25, -0.2) is 4.98 Å². The van der Waals surface area contributed by atoms with Crippen LogP contribution < -0.4 is 4.90 Å². The Morgan fingerprint density at radius 2 is 1.94 bits per heavy atom. The van der Waals surface area contributed by atoms with Crippen LogP contribution in [0.1, 0.15) is 13.8 Å². The molecule has 2 heterocycles. The number of ether oxygens (including phenoxy) is 1. The molecule has 1 aromatic heterocycles. The molecule has 1 saturated heterocycles. The Kier molecular flexibility index (Phi) is 2.76. The number of nitrogens with zero attached hydrogens (tertiary/aromatic N) is 2. The highest BCUT2D eigenvalue weighted by molar-refractivity contribution is 7.22. The summed E-state index contributed by atoms with van der Waals surface area (Å²) >= 11 is 1.77. The Morgan fingerprint density at radius 3 is 2.65 bits per heavy atom. The number of morpholine rings is 1. The summed E-state index contributed by atoms with van der Waals surface area (Å²) in [6, 6.07) is 8.30. The first-order valence-electron chi connectivity index (χ1n) is 5.98. The summed E-state index contributed by atoms with van der Waals surface area (Å²) in [5.41, 5.74) is 1.10. The lowest BCUT2D eigenvalue weighted by atomic mass is 10.2. The Hall–Kier alpha value is -1.13. The highest BCUT2D eigenvalue weighted by atomic mass is 32.1. The van der Waals surface area contributed by atoms with E-state index in [1.54, 1.807) is 11.3 Å². The molecule has 4 heteroatoms. The number of rotatable bonds is 1. The second-order valence-electron chi connectivity index (χ2n) is 4.63. The normalized spacial score (nSPS) is 25.4. The molecule has 2 aromatic rings. The molecular formula is C13H16N2OS. The van der Waals surface area contributed by atoms with Gasteiger partial charge in [-0.15, -0.1) is 0 Å². The summed E-state index contributed by atoms with van der Waals surface area (Å²) in [6.45, 7) is 6.11. The topological polar surface area (TPSA) is 25.4 Å². The van der Waals surface area contributed by atoms with Crippen LogP contribution in [0.5, 0.6) is 0 Å². The van der Waals surface area contributed by atoms with Crippen LogP contribution in [0.4, 0.5) is 5.13 Å². The Balaban J connectivity index is 1.92. The van der Waals surface area contributed by atoms with E-state index in [0.717, 1.165) is 23.7 Å². The largest absolute Gasteiger partial charge is 0.372 e. The van der Waals surface area contributed by atoms with Crippen LogP contribution in [0.3, 0.4) is 0 Å². The lowest BCUT2D eigenvalue weighted by Gasteiger charge is -2.35. The van der Waals surface area contributed by atoms with Gasteiger partial charge in [-0.2, -0.15) is 0 Å². The van der Waals surface area contributed by atoms with E-state index in [2.05, 4.69) is 36.9 Å². The summed E-state index contributed by atoms with van der Waals surface area (Å²) < 4.78 is 7.01. The second-order valence-corrected chi connectivity index (χ2v) is 5.64. The minimum atomic E-state index is 0.283. The molecule has 3 nitrogen and oxygen atoms in total. The predicted molar refractivity (Wildman–Crippen MR) is 71.8 cm³/mol. The first-order chi connectivity index (χ1) is 8.22. The fourth-order valence-corrected chi connectivity index (χ4v) is 3.31. The minimum Gasteiger partial charge on any atom is -0.372 e. The quantitative estimate of drug-likeness (QED) is 0.776. The summed E-state index contributed by atoms with van der Waals surface area (Å²) in [5, 5.41) is 1.12. The molecule has 1 aliphatic heterocycles. The van der Waals surface area contributed by atoms with E-state index in [4.69, 9.17) is 9.72 Å². The van der Waals surface area contributed by atoms with Gasteiger partial charge in [-0.1, -0.05) is 23.5 Å². The fourth-order valence-electron chi connectivity index (χ4n) is 2.33. The molecule has 0 amide bonds. The summed E-state index contributed by atoms with van der Waals surface area (Å²) in [4.78, 5) is 7.03. The van der Waals surface area contributed by atoms with Crippen molar-refractivity contribution in [3.05, 3.63) is 24.3 Å². The molecule has 1 aliphatic rings. The van der Waals surface area contributed by atoms with E-state index in [1.165, 1.54) is 4.70 Å². The second kappa shape index (κ2) is 4.27. The Bertz CT molecular complexity index is 482. The molecule has 0 unspecified atom stereocenters. The fraction of sp³-hybridized carbons (Fsp3) is 0.462. The van der Waals surface area contributed by atoms with Crippen LogP contribution in [0.25, 0.3) is 10.2 Å². The molecule has 17 heavy (non-hydrogen) atoms. The number of hydrogen-bond donors (Lipinski definition) is 0. The zero-order valence-corrected chi connectivity index (χ0v) is 10.9. The van der Waals surface area contributed by atoms with Crippen molar-refractivity contribution in [2.45, 2.75) is 26.1 Å². The average molecular weight is 248 g/mol. The number of aromatic nitrogens is 1. The highest BCUT2D eigenvalue weighted by Crippen LogP contribution is 2.30. The Morgan fingerprint density at radius 1 is 1.24 bits per heavy atom. The molecule has 1 fully saturated rings. The van der Waals surface area contributed by atoms with Gasteiger partial charge in [0.2, 0.25) is 0 Å². The van der Waals surface area contributed by atoms with Crippen molar-refractivity contribution in [3.8, 4) is 0 Å². The SMILES string of the molecule is C[C@H]1CN(c2nc3ccccc3s2)C[C@H](C)O1. The molecule has 2 atom stereocenters. The number of anilines is 1. The van der Waals surface area contributed by atoms with Crippen molar-refractivity contribution in [3.63, 3.8) is 0 Å². The van der Waals surface area contributed by atoms with Gasteiger partial charge in [0.1, 0.15) is 0 Å². The monoisotopic (exact) mass is 248 g/mol. The van der Waals surface area contributed by atoms with E-state index in [-0.39, 0.29) is 12.2 Å². The number of thiazole rings is 1. The summed E-state index contributed by atoms with van der Waals surface area (Å²) in [6.07, 6.45) is 0.566. The lowest BCUT2D eigenvalue weighted by Crippen LogP contribution is -2.45. The number of para-hydroxylation sites is 1. The summed E-state index contributed by atoms with van der Waals surface area (Å²) in [5.74, 6) is 0. The first kappa shape index (κ1) is 11.0. The standard InChI is InChI=1S/C13H16N2OS/c1-9-7-15(8-10(2)16-9)13-14-11-5-3-4-6-12(11)17-13/h3-6,9-10H,7-8H2,1-2H3/t9-,10-/m0/s1. The molecule has 90 valence electrons. The number of benzene rings is 1. The van der Waals surface area contributed by atoms with Crippen LogP contribution in [-0.4, -0.2) is 30.3 Å². The predicted octanol–water partition coefficient (Wildman–Crippen LogP) is 2.91. The zero-order valence-electron chi connectivity index (χ0n) is 10.1. The molecule has 0 saturated carbocycles. The van der Waals surface area contributed by atoms with E-state index in [9.17, 15) is 0 Å². The van der Waals surface area contributed by atoms with E-state index < -0.39 is 0 Å². The van der Waals surface area contributed by atoms with Crippen LogP contribution >= 0.6 is 11.3 Å². The van der Waals surface area contributed by atoms with Gasteiger partial charge >= 0.3 is 0 Å². The van der Waals surface area contributed by atoms with Crippen molar-refractivity contribution < 1.29 is 4.74 Å². The molecule has 0 N–H and O–H groups in total. The number of fused-ring (bicyclic) bond motifs is 1. The van der Waals surface area contributed by atoms with Gasteiger partial charge in [0.05, 0.1) is 22.4 Å². The minimum absolute atomic E-state index is 0.283. The van der Waals surface area contributed by atoms with Crippen LogP contribution in [0.2, 0.25) is 0 Å². The third-order valence-electron chi connectivity index (χ3n) is 2.97. The average Bonchev–Trinajstić information content (AvgIpc) is 2.71. The number of hydrogen-bond acceptors (Lipinski definition) is 4. The van der Waals surface area contributed by atoms with Crippen LogP contribution in [-0.2, 0) is 4.74 Å². The maximum Gasteiger partial charge on any atom is 0.186 e. The van der Waals surface area contributed by atoms with Gasteiger partial charge in [0.25, 0.3) is 0 Å². The van der Waals surface area contributed by atoms with Crippen molar-refractivity contribution in [2.24, 2.45) is 0 Å². The van der Waals surface area contributed by atoms with Crippen LogP contribution in [0.15, 0.2) is 24.3 Å². The molecule has 0 spiro atoms. The maximum atomic E-state index is 5.75. The molecule has 0 bridgehead atoms. The molecule has 0 radical (unpaired) electrons. The van der Waals surface area contributed by atoms with Crippen molar-refractivity contribution >= 4 is 26.7 Å². The third kappa shape index (κ3) is 2.15. The third-order valence-corrected chi connectivity index (χ3v) is 4.07. The van der Waals surface area contributed by atoms with Gasteiger partial charge in [-0.3, -0.25) is 0 Å². The van der Waals surface area contributed by atoms with Gasteiger partial charge < -0.3 is 9.64 Å². The molecular weight excluding hydrogens is 232 g/mol. The van der Waals surface area contributed by atoms with Crippen molar-refractivity contribution in [1.82, 2.24) is 4.98 Å². The van der Waals surface area contributed by atoms with Gasteiger partial charge in [0, 0.05) is 13.1 Å². The zero-order chi connectivity index (χ0) is 11.8. The maximum absolute atomic E-state index is 5.75. The molecule has 1 aromatic carbocycles. The molecule has 0 aliphatic carbocycles. The summed E-state index contributed by atoms with van der Waals surface area (Å²) in [7, 11) is 0. The van der Waals surface area contributed by atoms with Crippen molar-refractivity contribution in [1.29, 1.82) is 0 Å². The Labute approximate surface area is 105 Å².